The molecule has 5 heteroatoms. The van der Waals surface area contributed by atoms with Gasteiger partial charge in [0.15, 0.2) is 0 Å². The molecule has 2 bridgehead atoms. The molecular formula is C21H28N2O3. The maximum atomic E-state index is 12.7. The fourth-order valence-corrected chi connectivity index (χ4v) is 4.96. The summed E-state index contributed by atoms with van der Waals surface area (Å²) in [6, 6.07) is 8.26. The van der Waals surface area contributed by atoms with Gasteiger partial charge in [-0.2, -0.15) is 0 Å². The largest absolute Gasteiger partial charge is 0.469 e. The summed E-state index contributed by atoms with van der Waals surface area (Å²) in [7, 11) is 1.47. The number of H-pyrrole nitrogens is 1. The Labute approximate surface area is 154 Å². The van der Waals surface area contributed by atoms with Gasteiger partial charge in [0.2, 0.25) is 0 Å². The Morgan fingerprint density at radius 1 is 1.42 bits per heavy atom. The van der Waals surface area contributed by atoms with Crippen molar-refractivity contribution in [1.82, 2.24) is 9.88 Å². The number of ether oxygens (including phenoxy) is 1. The Morgan fingerprint density at radius 2 is 2.23 bits per heavy atom. The minimum atomic E-state index is -0.649. The van der Waals surface area contributed by atoms with Crippen LogP contribution in [0, 0.1) is 5.92 Å². The molecule has 2 aliphatic heterocycles. The first kappa shape index (κ1) is 17.6. The number of fused-ring (bicyclic) bond motifs is 5. The van der Waals surface area contributed by atoms with E-state index >= 15 is 0 Å². The second-order valence-electron chi connectivity index (χ2n) is 8.01. The van der Waals surface area contributed by atoms with Crippen molar-refractivity contribution >= 4 is 16.9 Å². The van der Waals surface area contributed by atoms with Gasteiger partial charge in [-0.3, -0.25) is 9.69 Å². The first-order valence-electron chi connectivity index (χ1n) is 9.65. The van der Waals surface area contributed by atoms with Gasteiger partial charge in [0.25, 0.3) is 0 Å². The van der Waals surface area contributed by atoms with Gasteiger partial charge in [-0.05, 0) is 43.2 Å². The first-order valence-corrected chi connectivity index (χ1v) is 9.65. The molecule has 140 valence electrons. The lowest BCUT2D eigenvalue weighted by Gasteiger charge is -2.43. The molecule has 1 aromatic carbocycles. The van der Waals surface area contributed by atoms with Crippen molar-refractivity contribution in [3.05, 3.63) is 35.5 Å². The Hall–Kier alpha value is -1.85. The van der Waals surface area contributed by atoms with Gasteiger partial charge in [0.1, 0.15) is 0 Å². The van der Waals surface area contributed by atoms with Gasteiger partial charge in [0.05, 0.1) is 18.6 Å². The van der Waals surface area contributed by atoms with Crippen LogP contribution in [0.15, 0.2) is 24.3 Å². The summed E-state index contributed by atoms with van der Waals surface area (Å²) in [6.07, 6.45) is 3.09. The van der Waals surface area contributed by atoms with E-state index in [0.29, 0.717) is 6.42 Å². The van der Waals surface area contributed by atoms with Crippen molar-refractivity contribution in [3.63, 3.8) is 0 Å². The van der Waals surface area contributed by atoms with Crippen LogP contribution in [0.2, 0.25) is 0 Å². The zero-order chi connectivity index (χ0) is 18.3. The lowest BCUT2D eigenvalue weighted by Crippen LogP contribution is -2.51. The standard InChI is InChI=1S/C21H28N2O3/c1-3-21(25)11-14-10-17(20(24)26-2)19-16(8-9-23(12-14)13-21)15-6-4-5-7-18(15)22-19/h4-7,14,17,22,25H,3,8-13H2,1-2H3/t14-,17-,21+/m0/s1. The highest BCUT2D eigenvalue weighted by atomic mass is 16.5. The molecule has 0 spiro atoms. The highest BCUT2D eigenvalue weighted by molar-refractivity contribution is 5.88. The number of aromatic amines is 1. The zero-order valence-electron chi connectivity index (χ0n) is 15.6. The van der Waals surface area contributed by atoms with Crippen molar-refractivity contribution in [1.29, 1.82) is 0 Å². The number of piperidine rings is 1. The summed E-state index contributed by atoms with van der Waals surface area (Å²) >= 11 is 0. The molecule has 0 saturated carbocycles. The molecule has 2 aliphatic rings. The highest BCUT2D eigenvalue weighted by Crippen LogP contribution is 2.39. The number of para-hydroxylation sites is 1. The third-order valence-corrected chi connectivity index (χ3v) is 6.29. The Morgan fingerprint density at radius 3 is 3.00 bits per heavy atom. The second-order valence-corrected chi connectivity index (χ2v) is 8.01. The van der Waals surface area contributed by atoms with E-state index in [-0.39, 0.29) is 17.8 Å². The maximum Gasteiger partial charge on any atom is 0.314 e. The molecule has 1 aromatic heterocycles. The molecule has 1 fully saturated rings. The summed E-state index contributed by atoms with van der Waals surface area (Å²) in [5.41, 5.74) is 2.66. The van der Waals surface area contributed by atoms with E-state index in [1.54, 1.807) is 0 Å². The van der Waals surface area contributed by atoms with E-state index in [4.69, 9.17) is 4.74 Å². The molecule has 2 aromatic rings. The van der Waals surface area contributed by atoms with E-state index < -0.39 is 5.60 Å². The quantitative estimate of drug-likeness (QED) is 0.812. The van der Waals surface area contributed by atoms with Gasteiger partial charge < -0.3 is 14.8 Å². The van der Waals surface area contributed by atoms with Gasteiger partial charge >= 0.3 is 5.97 Å². The predicted octanol–water partition coefficient (Wildman–Crippen LogP) is 2.83. The number of hydrogen-bond acceptors (Lipinski definition) is 4. The van der Waals surface area contributed by atoms with E-state index in [0.717, 1.165) is 50.1 Å². The van der Waals surface area contributed by atoms with Crippen LogP contribution in [0.5, 0.6) is 0 Å². The van der Waals surface area contributed by atoms with Crippen LogP contribution in [0.25, 0.3) is 10.9 Å². The fraction of sp³-hybridized carbons (Fsp3) is 0.571. The topological polar surface area (TPSA) is 65.6 Å². The molecule has 3 heterocycles. The van der Waals surface area contributed by atoms with Crippen molar-refractivity contribution in [3.8, 4) is 0 Å². The smallest absolute Gasteiger partial charge is 0.314 e. The number of esters is 1. The van der Waals surface area contributed by atoms with Gasteiger partial charge in [0, 0.05) is 36.2 Å². The highest BCUT2D eigenvalue weighted by Gasteiger charge is 2.40. The monoisotopic (exact) mass is 356 g/mol. The normalized spacial score (nSPS) is 31.6. The van der Waals surface area contributed by atoms with Crippen LogP contribution >= 0.6 is 0 Å². The van der Waals surface area contributed by atoms with Crippen LogP contribution in [0.3, 0.4) is 0 Å². The summed E-state index contributed by atoms with van der Waals surface area (Å²) in [5.74, 6) is -0.196. The fourth-order valence-electron chi connectivity index (χ4n) is 4.96. The third kappa shape index (κ3) is 3.03. The van der Waals surface area contributed by atoms with Crippen LogP contribution < -0.4 is 0 Å². The number of carbonyl (C=O) groups excluding carboxylic acids is 1. The van der Waals surface area contributed by atoms with Gasteiger partial charge in [-0.1, -0.05) is 25.1 Å². The average molecular weight is 356 g/mol. The van der Waals surface area contributed by atoms with Crippen molar-refractivity contribution in [2.24, 2.45) is 5.92 Å². The molecule has 26 heavy (non-hydrogen) atoms. The summed E-state index contributed by atoms with van der Waals surface area (Å²) in [6.45, 7) is 4.62. The van der Waals surface area contributed by atoms with Crippen molar-refractivity contribution in [2.45, 2.75) is 44.1 Å². The van der Waals surface area contributed by atoms with Crippen LogP contribution in [-0.2, 0) is 16.0 Å². The first-order chi connectivity index (χ1) is 12.5. The Kier molecular flexibility index (Phi) is 4.53. The number of carbonyl (C=O) groups is 1. The molecule has 1 saturated heterocycles. The number of aliphatic hydroxyl groups is 1. The van der Waals surface area contributed by atoms with E-state index in [1.165, 1.54) is 18.1 Å². The third-order valence-electron chi connectivity index (χ3n) is 6.29. The summed E-state index contributed by atoms with van der Waals surface area (Å²) in [4.78, 5) is 18.5. The second kappa shape index (κ2) is 6.71. The molecule has 0 amide bonds. The number of methoxy groups -OCH3 is 1. The summed E-state index contributed by atoms with van der Waals surface area (Å²) < 4.78 is 5.16. The molecule has 2 N–H and O–H groups in total. The average Bonchev–Trinajstić information content (AvgIpc) is 3.02. The molecule has 4 rings (SSSR count). The number of nitrogens with one attached hydrogen (secondary N) is 1. The van der Waals surface area contributed by atoms with E-state index in [9.17, 15) is 9.90 Å². The van der Waals surface area contributed by atoms with E-state index in [2.05, 4.69) is 22.0 Å². The van der Waals surface area contributed by atoms with Crippen LogP contribution in [0.1, 0.15) is 43.4 Å². The number of hydrogen-bond donors (Lipinski definition) is 2. The molecule has 0 aliphatic carbocycles. The van der Waals surface area contributed by atoms with E-state index in [1.807, 2.05) is 19.1 Å². The van der Waals surface area contributed by atoms with Gasteiger partial charge in [-0.15, -0.1) is 0 Å². The lowest BCUT2D eigenvalue weighted by atomic mass is 9.79. The lowest BCUT2D eigenvalue weighted by molar-refractivity contribution is -0.143. The molecular weight excluding hydrogens is 328 g/mol. The minimum absolute atomic E-state index is 0.183. The number of nitrogens with zero attached hydrogens (tertiary/aromatic N) is 1. The predicted molar refractivity (Wildman–Crippen MR) is 101 cm³/mol. The number of benzene rings is 1. The van der Waals surface area contributed by atoms with Crippen molar-refractivity contribution < 1.29 is 14.6 Å². The van der Waals surface area contributed by atoms with Crippen LogP contribution in [0.4, 0.5) is 0 Å². The molecule has 1 unspecified atom stereocenters. The summed E-state index contributed by atoms with van der Waals surface area (Å²) in [5, 5.41) is 12.1. The number of aromatic nitrogens is 1. The SMILES string of the molecule is CC[C@@]1(O)C[C@@H]2C[C@H](C(=O)OC)c3[nH]c4ccccc4c3CCN(C2)C1. The maximum absolute atomic E-state index is 12.7. The Bertz CT molecular complexity index is 815. The van der Waals surface area contributed by atoms with Gasteiger partial charge in [-0.25, -0.2) is 0 Å². The molecule has 0 radical (unpaired) electrons. The van der Waals surface area contributed by atoms with Crippen LogP contribution in [-0.4, -0.2) is 53.3 Å². The van der Waals surface area contributed by atoms with Crippen molar-refractivity contribution in [2.75, 3.05) is 26.7 Å². The minimum Gasteiger partial charge on any atom is -0.469 e. The molecule has 5 nitrogen and oxygen atoms in total. The zero-order valence-corrected chi connectivity index (χ0v) is 15.6. The Balaban J connectivity index is 1.79. The number of rotatable bonds is 2. The molecule has 4 atom stereocenters.